The molecule has 4 nitrogen and oxygen atoms in total. The van der Waals surface area contributed by atoms with E-state index in [0.29, 0.717) is 17.5 Å². The van der Waals surface area contributed by atoms with Crippen molar-refractivity contribution in [3.63, 3.8) is 0 Å². The van der Waals surface area contributed by atoms with Gasteiger partial charge in [0, 0.05) is 19.3 Å². The Balaban J connectivity index is 1.78. The molecule has 1 saturated heterocycles. The van der Waals surface area contributed by atoms with Gasteiger partial charge in [-0.15, -0.1) is 0 Å². The van der Waals surface area contributed by atoms with Gasteiger partial charge in [0.15, 0.2) is 0 Å². The van der Waals surface area contributed by atoms with Gasteiger partial charge in [-0.1, -0.05) is 18.0 Å². The number of halogens is 1. The van der Waals surface area contributed by atoms with Gasteiger partial charge in [-0.3, -0.25) is 4.90 Å². The minimum absolute atomic E-state index is 0.540. The average Bonchev–Trinajstić information content (AvgIpc) is 2.43. The minimum Gasteiger partial charge on any atom is -0.475 e. The highest BCUT2D eigenvalue weighted by atomic mass is 35.5. The second kappa shape index (κ2) is 7.68. The molecule has 0 unspecified atom stereocenters. The first-order valence-corrected chi connectivity index (χ1v) is 7.31. The first-order chi connectivity index (χ1) is 9.29. The van der Waals surface area contributed by atoms with Gasteiger partial charge in [0.1, 0.15) is 11.6 Å². The van der Waals surface area contributed by atoms with Crippen molar-refractivity contribution in [3.8, 4) is 5.88 Å². The molecule has 0 amide bonds. The highest BCUT2D eigenvalue weighted by Crippen LogP contribution is 2.22. The van der Waals surface area contributed by atoms with Crippen LogP contribution >= 0.6 is 11.6 Å². The standard InChI is InChI=1S/C14H22ClN3O/c1-16-10-12-9-13(15)14(17-11-12)19-8-7-18-5-3-2-4-6-18/h9,11,16H,2-8,10H2,1H3. The quantitative estimate of drug-likeness (QED) is 0.869. The van der Waals surface area contributed by atoms with Crippen molar-refractivity contribution in [1.29, 1.82) is 0 Å². The number of nitrogens with one attached hydrogen (secondary N) is 1. The maximum Gasteiger partial charge on any atom is 0.232 e. The van der Waals surface area contributed by atoms with Crippen LogP contribution in [-0.4, -0.2) is 43.2 Å². The summed E-state index contributed by atoms with van der Waals surface area (Å²) in [5.74, 6) is 0.540. The third-order valence-electron chi connectivity index (χ3n) is 3.34. The fourth-order valence-corrected chi connectivity index (χ4v) is 2.57. The van der Waals surface area contributed by atoms with E-state index in [1.54, 1.807) is 6.20 Å². The molecular formula is C14H22ClN3O. The van der Waals surface area contributed by atoms with E-state index >= 15 is 0 Å². The molecule has 0 atom stereocenters. The Morgan fingerprint density at radius 2 is 2.16 bits per heavy atom. The van der Waals surface area contributed by atoms with Gasteiger partial charge in [-0.25, -0.2) is 4.98 Å². The minimum atomic E-state index is 0.540. The van der Waals surface area contributed by atoms with Crippen molar-refractivity contribution >= 4 is 11.6 Å². The zero-order valence-electron chi connectivity index (χ0n) is 11.5. The third kappa shape index (κ3) is 4.64. The van der Waals surface area contributed by atoms with E-state index in [2.05, 4.69) is 15.2 Å². The number of nitrogens with zero attached hydrogens (tertiary/aromatic N) is 2. The molecule has 19 heavy (non-hydrogen) atoms. The molecule has 1 aromatic rings. The summed E-state index contributed by atoms with van der Waals surface area (Å²) in [7, 11) is 1.90. The Kier molecular flexibility index (Phi) is 5.89. The van der Waals surface area contributed by atoms with E-state index in [1.807, 2.05) is 13.1 Å². The van der Waals surface area contributed by atoms with Gasteiger partial charge in [0.25, 0.3) is 0 Å². The molecule has 1 aromatic heterocycles. The number of hydrogen-bond donors (Lipinski definition) is 1. The second-order valence-corrected chi connectivity index (χ2v) is 5.32. The second-order valence-electron chi connectivity index (χ2n) is 4.91. The molecule has 1 fully saturated rings. The Morgan fingerprint density at radius 1 is 1.37 bits per heavy atom. The van der Waals surface area contributed by atoms with Gasteiger partial charge >= 0.3 is 0 Å². The maximum absolute atomic E-state index is 6.16. The van der Waals surface area contributed by atoms with Crippen LogP contribution in [0.3, 0.4) is 0 Å². The van der Waals surface area contributed by atoms with Gasteiger partial charge < -0.3 is 10.1 Å². The van der Waals surface area contributed by atoms with Crippen LogP contribution in [-0.2, 0) is 6.54 Å². The third-order valence-corrected chi connectivity index (χ3v) is 3.61. The molecule has 0 spiro atoms. The topological polar surface area (TPSA) is 37.4 Å². The van der Waals surface area contributed by atoms with Crippen LogP contribution < -0.4 is 10.1 Å². The number of likely N-dealkylation sites (tertiary alicyclic amines) is 1. The normalized spacial score (nSPS) is 16.5. The average molecular weight is 284 g/mol. The summed E-state index contributed by atoms with van der Waals surface area (Å²) >= 11 is 6.16. The molecule has 5 heteroatoms. The van der Waals surface area contributed by atoms with Gasteiger partial charge in [0.2, 0.25) is 5.88 Å². The van der Waals surface area contributed by atoms with Crippen LogP contribution in [0.15, 0.2) is 12.3 Å². The van der Waals surface area contributed by atoms with E-state index in [4.69, 9.17) is 16.3 Å². The molecule has 0 aromatic carbocycles. The van der Waals surface area contributed by atoms with Crippen LogP contribution in [0.25, 0.3) is 0 Å². The van der Waals surface area contributed by atoms with Crippen molar-refractivity contribution in [2.45, 2.75) is 25.8 Å². The largest absolute Gasteiger partial charge is 0.475 e. The molecule has 0 bridgehead atoms. The number of rotatable bonds is 6. The molecule has 1 N–H and O–H groups in total. The van der Waals surface area contributed by atoms with Crippen molar-refractivity contribution in [1.82, 2.24) is 15.2 Å². The first kappa shape index (κ1) is 14.6. The predicted octanol–water partition coefficient (Wildman–Crippen LogP) is 2.32. The van der Waals surface area contributed by atoms with Crippen molar-refractivity contribution in [3.05, 3.63) is 22.8 Å². The summed E-state index contributed by atoms with van der Waals surface area (Å²) in [6.07, 6.45) is 5.77. The fourth-order valence-electron chi connectivity index (χ4n) is 2.33. The zero-order valence-corrected chi connectivity index (χ0v) is 12.2. The lowest BCUT2D eigenvalue weighted by atomic mass is 10.1. The summed E-state index contributed by atoms with van der Waals surface area (Å²) in [5, 5.41) is 3.66. The fraction of sp³-hybridized carbons (Fsp3) is 0.643. The number of hydrogen-bond acceptors (Lipinski definition) is 4. The van der Waals surface area contributed by atoms with Crippen LogP contribution in [0.1, 0.15) is 24.8 Å². The number of ether oxygens (including phenoxy) is 1. The smallest absolute Gasteiger partial charge is 0.232 e. The Morgan fingerprint density at radius 3 is 2.84 bits per heavy atom. The first-order valence-electron chi connectivity index (χ1n) is 6.94. The van der Waals surface area contributed by atoms with Crippen molar-refractivity contribution in [2.75, 3.05) is 33.3 Å². The van der Waals surface area contributed by atoms with E-state index in [0.717, 1.165) is 18.7 Å². The van der Waals surface area contributed by atoms with E-state index in [1.165, 1.54) is 32.4 Å². The molecule has 2 rings (SSSR count). The van der Waals surface area contributed by atoms with E-state index < -0.39 is 0 Å². The SMILES string of the molecule is CNCc1cnc(OCCN2CCCCC2)c(Cl)c1. The summed E-state index contributed by atoms with van der Waals surface area (Å²) in [4.78, 5) is 6.70. The van der Waals surface area contributed by atoms with Crippen LogP contribution in [0.4, 0.5) is 0 Å². The van der Waals surface area contributed by atoms with Crippen LogP contribution in [0.2, 0.25) is 5.02 Å². The Hall–Kier alpha value is -0.840. The number of piperidine rings is 1. The number of pyridine rings is 1. The molecule has 1 aliphatic heterocycles. The van der Waals surface area contributed by atoms with Gasteiger partial charge in [-0.05, 0) is 44.6 Å². The molecular weight excluding hydrogens is 262 g/mol. The molecule has 0 saturated carbocycles. The monoisotopic (exact) mass is 283 g/mol. The predicted molar refractivity (Wildman–Crippen MR) is 77.8 cm³/mol. The molecule has 0 radical (unpaired) electrons. The molecule has 1 aliphatic rings. The lowest BCUT2D eigenvalue weighted by Crippen LogP contribution is -2.33. The maximum atomic E-state index is 6.16. The summed E-state index contributed by atoms with van der Waals surface area (Å²) in [5.41, 5.74) is 1.07. The lowest BCUT2D eigenvalue weighted by Gasteiger charge is -2.26. The van der Waals surface area contributed by atoms with Crippen LogP contribution in [0.5, 0.6) is 5.88 Å². The van der Waals surface area contributed by atoms with Crippen LogP contribution in [0, 0.1) is 0 Å². The van der Waals surface area contributed by atoms with Crippen molar-refractivity contribution < 1.29 is 4.74 Å². The lowest BCUT2D eigenvalue weighted by molar-refractivity contribution is 0.180. The summed E-state index contributed by atoms with van der Waals surface area (Å²) < 4.78 is 5.67. The van der Waals surface area contributed by atoms with E-state index in [9.17, 15) is 0 Å². The van der Waals surface area contributed by atoms with Gasteiger partial charge in [-0.2, -0.15) is 0 Å². The highest BCUT2D eigenvalue weighted by Gasteiger charge is 2.10. The number of aromatic nitrogens is 1. The van der Waals surface area contributed by atoms with E-state index in [-0.39, 0.29) is 0 Å². The van der Waals surface area contributed by atoms with Crippen molar-refractivity contribution in [2.24, 2.45) is 0 Å². The zero-order chi connectivity index (χ0) is 13.5. The molecule has 106 valence electrons. The van der Waals surface area contributed by atoms with Gasteiger partial charge in [0.05, 0.1) is 0 Å². The summed E-state index contributed by atoms with van der Waals surface area (Å²) in [6, 6.07) is 1.90. The molecule has 0 aliphatic carbocycles. The Labute approximate surface area is 120 Å². The highest BCUT2D eigenvalue weighted by molar-refractivity contribution is 6.31. The Bertz CT molecular complexity index is 394. The molecule has 2 heterocycles. The summed E-state index contributed by atoms with van der Waals surface area (Å²) in [6.45, 7) is 4.74.